The van der Waals surface area contributed by atoms with Crippen molar-refractivity contribution < 1.29 is 13.6 Å². The van der Waals surface area contributed by atoms with Crippen molar-refractivity contribution in [2.75, 3.05) is 24.5 Å². The molecule has 0 radical (unpaired) electrons. The van der Waals surface area contributed by atoms with E-state index in [1.54, 1.807) is 0 Å². The topological polar surface area (TPSA) is 51.7 Å². The number of allylic oxidation sites excluding steroid dienone is 2. The summed E-state index contributed by atoms with van der Waals surface area (Å²) >= 11 is 0. The van der Waals surface area contributed by atoms with Gasteiger partial charge >= 0.3 is 0 Å². The second-order valence-electron chi connectivity index (χ2n) is 27.0. The molecule has 2 unspecified atom stereocenters. The van der Waals surface area contributed by atoms with Crippen LogP contribution in [0, 0.1) is 0 Å². The van der Waals surface area contributed by atoms with Gasteiger partial charge in [-0.3, -0.25) is 0 Å². The maximum absolute atomic E-state index is 7.02. The first kappa shape index (κ1) is 55.2. The van der Waals surface area contributed by atoms with Gasteiger partial charge in [-0.25, -0.2) is 0 Å². The highest BCUT2D eigenvalue weighted by molar-refractivity contribution is 7.01. The molecule has 1 aliphatic carbocycles. The first-order valence-corrected chi connectivity index (χ1v) is 34.5. The van der Waals surface area contributed by atoms with Gasteiger partial charge in [0.25, 0.3) is 13.4 Å². The van der Waals surface area contributed by atoms with Gasteiger partial charge in [0.05, 0.1) is 5.69 Å². The zero-order valence-electron chi connectivity index (χ0n) is 54.0. The molecule has 7 heterocycles. The summed E-state index contributed by atoms with van der Waals surface area (Å²) in [5, 5.41) is 4.33. The Morgan fingerprint density at radius 3 is 1.60 bits per heavy atom. The highest BCUT2D eigenvalue weighted by Gasteiger charge is 2.47. The van der Waals surface area contributed by atoms with Crippen LogP contribution in [0.15, 0.2) is 343 Å². The number of anilines is 15. The molecule has 0 fully saturated rings. The number of hydrogen-bond acceptors (Lipinski definition) is 8. The van der Waals surface area contributed by atoms with Crippen molar-refractivity contribution in [2.24, 2.45) is 0 Å². The smallest absolute Gasteiger partial charge is 0.252 e. The van der Waals surface area contributed by atoms with Gasteiger partial charge in [0.2, 0.25) is 0 Å². The van der Waals surface area contributed by atoms with Crippen molar-refractivity contribution in [3.63, 3.8) is 0 Å². The molecule has 0 bridgehead atoms. The number of rotatable bonds is 8. The third-order valence-electron chi connectivity index (χ3n) is 21.7. The summed E-state index contributed by atoms with van der Waals surface area (Å²) in [6.45, 7) is -0.286. The Morgan fingerprint density at radius 1 is 0.300 bits per heavy atom. The Balaban J connectivity index is 0.780. The highest BCUT2D eigenvalue weighted by Crippen LogP contribution is 2.52. The van der Waals surface area contributed by atoms with Gasteiger partial charge in [0.1, 0.15) is 28.6 Å². The van der Waals surface area contributed by atoms with E-state index in [2.05, 4.69) is 352 Å². The van der Waals surface area contributed by atoms with Gasteiger partial charge in [-0.05, 0) is 183 Å². The van der Waals surface area contributed by atoms with Crippen molar-refractivity contribution in [1.82, 2.24) is 0 Å². The molecule has 466 valence electrons. The Morgan fingerprint density at radius 2 is 0.840 bits per heavy atom. The molecule has 0 amide bonds. The van der Waals surface area contributed by atoms with Crippen LogP contribution in [0.1, 0.15) is 11.5 Å². The van der Waals surface area contributed by atoms with Crippen molar-refractivity contribution in [3.8, 4) is 16.9 Å². The van der Waals surface area contributed by atoms with Crippen molar-refractivity contribution in [3.05, 3.63) is 339 Å². The minimum Gasteiger partial charge on any atom is -0.485 e. The van der Waals surface area contributed by atoms with Gasteiger partial charge < -0.3 is 38.1 Å². The number of furan rings is 2. The SMILES string of the molecule is C1=CC2Oc3cc(N4c5ccccc5B5c6cc(-c7cc8c9c(c7)N(c7ccccc7)c7cc(N(c%10ccccc%10)c%10ccc%11oc%12ccccc%12c%11c%10)ccc7B9c7ccccc7N8c7ccccc7)ccc6N(c6cccc7c6oc6ccccc67)c6cccc4c65)ccc3C2C=C1. The molecule has 0 saturated carbocycles. The van der Waals surface area contributed by atoms with Crippen LogP contribution < -0.4 is 62.0 Å². The van der Waals surface area contributed by atoms with E-state index in [1.165, 1.54) is 38.3 Å². The second-order valence-corrected chi connectivity index (χ2v) is 27.0. The van der Waals surface area contributed by atoms with Gasteiger partial charge in [0, 0.05) is 119 Å². The lowest BCUT2D eigenvalue weighted by Crippen LogP contribution is -2.61. The highest BCUT2D eigenvalue weighted by atomic mass is 16.5. The number of para-hydroxylation sites is 8. The minimum absolute atomic E-state index is 0.0244. The summed E-state index contributed by atoms with van der Waals surface area (Å²) in [6, 6.07) is 114. The molecule has 100 heavy (non-hydrogen) atoms. The number of nitrogens with zero attached hydrogens (tertiary/aromatic N) is 5. The standard InChI is InChI=1S/C90H57B2N5O3/c1-4-22-58(23-5-1)93(61-45-49-86-69(53-61)66-30-12-18-40-84(66)98-86)62-44-47-72-80(54-62)95(60-26-8-3-9-27-60)82-52-57(51-81-89(82)91(72)70-32-13-15-34-74(70)94(81)59-24-6-2-7-25-59)56-42-48-76-73(50-56)92-71-33-14-16-35-75(71)96(63-43-46-67-64-28-10-17-39-83(64)99-87(67)55-63)77-36-21-37-78(88(77)92)97(76)79-38-20-31-68-65-29-11-19-41-85(65)100-90(68)79/h1-55,64,83H. The molecule has 0 N–H and O–H groups in total. The van der Waals surface area contributed by atoms with Crippen LogP contribution in [0.2, 0.25) is 0 Å². The Bertz CT molecular complexity index is 6180. The number of ether oxygens (including phenoxy) is 1. The fraction of sp³-hybridized carbons (Fsp3) is 0.0222. The largest absolute Gasteiger partial charge is 0.485 e. The van der Waals surface area contributed by atoms with E-state index in [9.17, 15) is 0 Å². The van der Waals surface area contributed by atoms with Gasteiger partial charge in [-0.1, -0.05) is 188 Å². The fourth-order valence-electron chi connectivity index (χ4n) is 17.5. The van der Waals surface area contributed by atoms with Crippen molar-refractivity contribution in [2.45, 2.75) is 12.0 Å². The van der Waals surface area contributed by atoms with Crippen LogP contribution >= 0.6 is 0 Å². The van der Waals surface area contributed by atoms with E-state index in [1.807, 2.05) is 6.07 Å². The Hall–Kier alpha value is -12.9. The summed E-state index contributed by atoms with van der Waals surface area (Å²) in [5.41, 5.74) is 30.5. The molecule has 2 aromatic heterocycles. The van der Waals surface area contributed by atoms with E-state index < -0.39 is 0 Å². The van der Waals surface area contributed by atoms with E-state index >= 15 is 0 Å². The third kappa shape index (κ3) is 8.01. The zero-order chi connectivity index (χ0) is 65.3. The van der Waals surface area contributed by atoms with Crippen molar-refractivity contribution >= 4 is 175 Å². The molecule has 2 atom stereocenters. The van der Waals surface area contributed by atoms with Gasteiger partial charge in [0.15, 0.2) is 5.58 Å². The molecule has 22 rings (SSSR count). The zero-order valence-corrected chi connectivity index (χ0v) is 54.0. The summed E-state index contributed by atoms with van der Waals surface area (Å²) in [5.74, 6) is 1.11. The maximum Gasteiger partial charge on any atom is 0.252 e. The number of benzene rings is 14. The Kier molecular flexibility index (Phi) is 11.8. The lowest BCUT2D eigenvalue weighted by atomic mass is 9.33. The van der Waals surface area contributed by atoms with Gasteiger partial charge in [-0.2, -0.15) is 0 Å². The first-order valence-electron chi connectivity index (χ1n) is 34.5. The molecule has 0 spiro atoms. The summed E-state index contributed by atoms with van der Waals surface area (Å²) in [6.07, 6.45) is 8.66. The average Bonchev–Trinajstić information content (AvgIpc) is 0.704. The predicted molar refractivity (Wildman–Crippen MR) is 415 cm³/mol. The number of fused-ring (bicyclic) bond motifs is 17. The molecule has 14 aromatic carbocycles. The lowest BCUT2D eigenvalue weighted by molar-refractivity contribution is 0.269. The molecule has 8 nitrogen and oxygen atoms in total. The fourth-order valence-corrected chi connectivity index (χ4v) is 17.5. The predicted octanol–water partition coefficient (Wildman–Crippen LogP) is 19.8. The van der Waals surface area contributed by atoms with Crippen LogP contribution in [-0.2, 0) is 0 Å². The number of hydrogen-bond donors (Lipinski definition) is 0. The minimum atomic E-state index is -0.164. The monoisotopic (exact) mass is 1280 g/mol. The first-order chi connectivity index (χ1) is 49.6. The molecular weight excluding hydrogens is 1220 g/mol. The quantitative estimate of drug-likeness (QED) is 0.140. The van der Waals surface area contributed by atoms with E-state index in [4.69, 9.17) is 13.6 Å². The molecule has 5 aliphatic heterocycles. The van der Waals surface area contributed by atoms with Crippen LogP contribution in [0.5, 0.6) is 5.75 Å². The summed E-state index contributed by atoms with van der Waals surface area (Å²) in [7, 11) is 0. The van der Waals surface area contributed by atoms with Crippen LogP contribution in [0.3, 0.4) is 0 Å². The molecule has 16 aromatic rings. The normalized spacial score (nSPS) is 15.5. The lowest BCUT2D eigenvalue weighted by Gasteiger charge is -2.45. The summed E-state index contributed by atoms with van der Waals surface area (Å²) in [4.78, 5) is 12.4. The van der Waals surface area contributed by atoms with Crippen molar-refractivity contribution in [1.29, 1.82) is 0 Å². The second kappa shape index (κ2) is 21.3. The third-order valence-corrected chi connectivity index (χ3v) is 21.7. The van der Waals surface area contributed by atoms with E-state index in [0.29, 0.717) is 0 Å². The van der Waals surface area contributed by atoms with E-state index in [0.717, 1.165) is 146 Å². The van der Waals surface area contributed by atoms with E-state index in [-0.39, 0.29) is 25.4 Å². The molecular formula is C90H57B2N5O3. The Labute approximate surface area is 578 Å². The van der Waals surface area contributed by atoms with Gasteiger partial charge in [-0.15, -0.1) is 0 Å². The average molecular weight is 1280 g/mol. The van der Waals surface area contributed by atoms with Crippen LogP contribution in [-0.4, -0.2) is 19.5 Å². The maximum atomic E-state index is 7.02. The molecule has 6 aliphatic rings. The van der Waals surface area contributed by atoms with Crippen LogP contribution in [0.4, 0.5) is 85.3 Å². The van der Waals surface area contributed by atoms with Crippen LogP contribution in [0.25, 0.3) is 55.0 Å². The summed E-state index contributed by atoms with van der Waals surface area (Å²) < 4.78 is 20.2. The molecule has 10 heteroatoms. The molecule has 0 saturated heterocycles.